The maximum absolute atomic E-state index is 11.1. The molecule has 0 saturated heterocycles. The van der Waals surface area contributed by atoms with Crippen molar-refractivity contribution in [2.75, 3.05) is 0 Å². The average molecular weight is 334 g/mol. The second-order valence-electron chi connectivity index (χ2n) is 5.63. The Morgan fingerprint density at radius 2 is 2.00 bits per heavy atom. The Morgan fingerprint density at radius 3 is 2.75 bits per heavy atom. The van der Waals surface area contributed by atoms with Gasteiger partial charge in [-0.1, -0.05) is 23.8 Å². The Kier molecular flexibility index (Phi) is 3.43. The van der Waals surface area contributed by atoms with Gasteiger partial charge in [0.2, 0.25) is 0 Å². The van der Waals surface area contributed by atoms with Crippen LogP contribution in [0.2, 0.25) is 0 Å². The van der Waals surface area contributed by atoms with Gasteiger partial charge in [-0.3, -0.25) is 4.40 Å². The summed E-state index contributed by atoms with van der Waals surface area (Å²) < 4.78 is 2.05. The van der Waals surface area contributed by atoms with Crippen molar-refractivity contribution in [3.63, 3.8) is 0 Å². The first kappa shape index (κ1) is 14.7. The van der Waals surface area contributed by atoms with Crippen molar-refractivity contribution in [3.8, 4) is 21.8 Å². The van der Waals surface area contributed by atoms with Crippen LogP contribution in [0.3, 0.4) is 0 Å². The number of carbonyl (C=O) groups is 1. The van der Waals surface area contributed by atoms with Gasteiger partial charge in [0, 0.05) is 22.2 Å². The highest BCUT2D eigenvalue weighted by Crippen LogP contribution is 2.30. The number of hydrogen-bond donors (Lipinski definition) is 1. The lowest BCUT2D eigenvalue weighted by Crippen LogP contribution is -1.91. The van der Waals surface area contributed by atoms with E-state index in [0.29, 0.717) is 4.88 Å². The van der Waals surface area contributed by atoms with E-state index in [-0.39, 0.29) is 0 Å². The molecule has 24 heavy (non-hydrogen) atoms. The number of hydrogen-bond acceptors (Lipinski definition) is 3. The molecule has 0 atom stereocenters. The van der Waals surface area contributed by atoms with Crippen LogP contribution in [0.1, 0.15) is 15.2 Å². The Bertz CT molecular complexity index is 1060. The Hall–Kier alpha value is -2.92. The number of aromatic carboxylic acids is 1. The van der Waals surface area contributed by atoms with Crippen LogP contribution in [0.4, 0.5) is 0 Å². The van der Waals surface area contributed by atoms with Gasteiger partial charge in [-0.15, -0.1) is 11.3 Å². The molecule has 0 unspecified atom stereocenters. The van der Waals surface area contributed by atoms with Gasteiger partial charge in [0.05, 0.1) is 11.7 Å². The number of aryl methyl sites for hydroxylation is 1. The summed E-state index contributed by atoms with van der Waals surface area (Å²) in [6.07, 6.45) is 3.86. The van der Waals surface area contributed by atoms with Gasteiger partial charge < -0.3 is 5.11 Å². The number of thiophene rings is 1. The topological polar surface area (TPSA) is 54.6 Å². The normalized spacial score (nSPS) is 11.0. The summed E-state index contributed by atoms with van der Waals surface area (Å²) in [5, 5.41) is 9.10. The molecule has 0 saturated carbocycles. The van der Waals surface area contributed by atoms with E-state index < -0.39 is 5.97 Å². The van der Waals surface area contributed by atoms with E-state index in [2.05, 4.69) is 24.0 Å². The highest BCUT2D eigenvalue weighted by molar-refractivity contribution is 7.17. The Morgan fingerprint density at radius 1 is 1.12 bits per heavy atom. The second-order valence-corrected chi connectivity index (χ2v) is 6.72. The molecule has 1 aromatic carbocycles. The van der Waals surface area contributed by atoms with Gasteiger partial charge in [0.15, 0.2) is 0 Å². The third-order valence-electron chi connectivity index (χ3n) is 3.90. The summed E-state index contributed by atoms with van der Waals surface area (Å²) in [5.74, 6) is -0.0130. The minimum Gasteiger partial charge on any atom is -0.477 e. The van der Waals surface area contributed by atoms with Crippen LogP contribution in [0, 0.1) is 6.92 Å². The van der Waals surface area contributed by atoms with E-state index in [1.54, 1.807) is 6.07 Å². The second kappa shape index (κ2) is 5.62. The summed E-state index contributed by atoms with van der Waals surface area (Å²) in [6.45, 7) is 2.06. The zero-order valence-electron chi connectivity index (χ0n) is 12.9. The summed E-state index contributed by atoms with van der Waals surface area (Å²) >= 11 is 1.28. The molecule has 3 heterocycles. The van der Waals surface area contributed by atoms with E-state index in [1.165, 1.54) is 16.9 Å². The molecule has 0 amide bonds. The predicted octanol–water partition coefficient (Wildman–Crippen LogP) is 4.74. The lowest BCUT2D eigenvalue weighted by molar-refractivity contribution is 0.0702. The SMILES string of the molecule is Cc1cccc(-c2ncc3ccc(-c4ccc(C(=O)O)s4)cn23)c1. The van der Waals surface area contributed by atoms with Crippen molar-refractivity contribution in [3.05, 3.63) is 71.4 Å². The predicted molar refractivity (Wildman–Crippen MR) is 95.6 cm³/mol. The smallest absolute Gasteiger partial charge is 0.345 e. The summed E-state index contributed by atoms with van der Waals surface area (Å²) in [7, 11) is 0. The summed E-state index contributed by atoms with van der Waals surface area (Å²) in [6, 6.07) is 15.7. The van der Waals surface area contributed by atoms with E-state index in [1.807, 2.05) is 47.1 Å². The van der Waals surface area contributed by atoms with Crippen LogP contribution < -0.4 is 0 Å². The Balaban J connectivity index is 1.85. The monoisotopic (exact) mass is 334 g/mol. The van der Waals surface area contributed by atoms with Crippen molar-refractivity contribution in [1.29, 1.82) is 0 Å². The summed E-state index contributed by atoms with van der Waals surface area (Å²) in [4.78, 5) is 16.9. The highest BCUT2D eigenvalue weighted by Gasteiger charge is 2.11. The molecule has 4 nitrogen and oxygen atoms in total. The molecular weight excluding hydrogens is 320 g/mol. The van der Waals surface area contributed by atoms with E-state index >= 15 is 0 Å². The molecule has 0 aliphatic rings. The summed E-state index contributed by atoms with van der Waals surface area (Å²) in [5.41, 5.74) is 4.23. The number of carboxylic acids is 1. The fourth-order valence-corrected chi connectivity index (χ4v) is 3.58. The highest BCUT2D eigenvalue weighted by atomic mass is 32.1. The van der Waals surface area contributed by atoms with Crippen molar-refractivity contribution >= 4 is 22.8 Å². The minimum atomic E-state index is -0.893. The number of pyridine rings is 1. The molecular formula is C19H14N2O2S. The molecule has 0 aliphatic heterocycles. The third-order valence-corrected chi connectivity index (χ3v) is 5.03. The van der Waals surface area contributed by atoms with E-state index in [0.717, 1.165) is 27.3 Å². The van der Waals surface area contributed by atoms with Gasteiger partial charge in [-0.2, -0.15) is 0 Å². The van der Waals surface area contributed by atoms with Gasteiger partial charge in [-0.25, -0.2) is 9.78 Å². The van der Waals surface area contributed by atoms with Gasteiger partial charge >= 0.3 is 5.97 Å². The Labute approximate surface area is 142 Å². The zero-order chi connectivity index (χ0) is 16.7. The largest absolute Gasteiger partial charge is 0.477 e. The quantitative estimate of drug-likeness (QED) is 0.589. The number of benzene rings is 1. The fourth-order valence-electron chi connectivity index (χ4n) is 2.74. The molecule has 0 radical (unpaired) electrons. The standard InChI is InChI=1S/C19H14N2O2S/c1-12-3-2-4-13(9-12)18-20-10-15-6-5-14(11-21(15)18)16-7-8-17(24-16)19(22)23/h2-11H,1H3,(H,22,23). The maximum Gasteiger partial charge on any atom is 0.345 e. The van der Waals surface area contributed by atoms with Gasteiger partial charge in [-0.05, 0) is 37.3 Å². The molecule has 3 aromatic heterocycles. The zero-order valence-corrected chi connectivity index (χ0v) is 13.7. The molecule has 0 spiro atoms. The van der Waals surface area contributed by atoms with E-state index in [4.69, 9.17) is 5.11 Å². The van der Waals surface area contributed by atoms with Crippen LogP contribution in [-0.2, 0) is 0 Å². The van der Waals surface area contributed by atoms with E-state index in [9.17, 15) is 4.79 Å². The third kappa shape index (κ3) is 2.49. The van der Waals surface area contributed by atoms with Gasteiger partial charge in [0.25, 0.3) is 0 Å². The molecule has 0 aliphatic carbocycles. The van der Waals surface area contributed by atoms with Crippen LogP contribution in [0.5, 0.6) is 0 Å². The molecule has 1 N–H and O–H groups in total. The lowest BCUT2D eigenvalue weighted by Gasteiger charge is -2.05. The maximum atomic E-state index is 11.1. The van der Waals surface area contributed by atoms with Crippen LogP contribution in [0.25, 0.3) is 27.3 Å². The molecule has 0 fully saturated rings. The molecule has 5 heteroatoms. The van der Waals surface area contributed by atoms with Crippen molar-refractivity contribution in [2.24, 2.45) is 0 Å². The van der Waals surface area contributed by atoms with Crippen molar-refractivity contribution < 1.29 is 9.90 Å². The van der Waals surface area contributed by atoms with Crippen molar-refractivity contribution in [1.82, 2.24) is 9.38 Å². The molecule has 118 valence electrons. The van der Waals surface area contributed by atoms with Gasteiger partial charge in [0.1, 0.15) is 10.7 Å². The minimum absolute atomic E-state index is 0.342. The number of imidazole rings is 1. The molecule has 4 rings (SSSR count). The first-order valence-electron chi connectivity index (χ1n) is 7.49. The van der Waals surface area contributed by atoms with Crippen molar-refractivity contribution in [2.45, 2.75) is 6.92 Å². The number of nitrogens with zero attached hydrogens (tertiary/aromatic N) is 2. The first-order valence-corrected chi connectivity index (χ1v) is 8.31. The molecule has 0 bridgehead atoms. The number of fused-ring (bicyclic) bond motifs is 1. The number of aromatic nitrogens is 2. The van der Waals surface area contributed by atoms with Crippen LogP contribution in [-0.4, -0.2) is 20.5 Å². The lowest BCUT2D eigenvalue weighted by atomic mass is 10.1. The fraction of sp³-hybridized carbons (Fsp3) is 0.0526. The number of carboxylic acid groups (broad SMARTS) is 1. The van der Waals surface area contributed by atoms with Crippen LogP contribution >= 0.6 is 11.3 Å². The first-order chi connectivity index (χ1) is 11.6. The number of rotatable bonds is 3. The van der Waals surface area contributed by atoms with Crippen LogP contribution in [0.15, 0.2) is 60.9 Å². The molecule has 4 aromatic rings. The average Bonchev–Trinajstić information content (AvgIpc) is 3.21.